The van der Waals surface area contributed by atoms with E-state index in [9.17, 15) is 4.79 Å². The molecule has 0 atom stereocenters. The molecule has 0 unspecified atom stereocenters. The van der Waals surface area contributed by atoms with Crippen LogP contribution in [0.5, 0.6) is 5.75 Å². The zero-order valence-corrected chi connectivity index (χ0v) is 14.4. The molecule has 2 rings (SSSR count). The molecule has 1 aromatic heterocycles. The second kappa shape index (κ2) is 8.79. The Balaban J connectivity index is 1.95. The summed E-state index contributed by atoms with van der Waals surface area (Å²) in [5.74, 6) is 1.51. The standard InChI is InChI=1S/C15H17ClN2O4S/c1-3-21-10-6-7-11(12(16)9-10)14-17-18-15(22-14)23-8-4-5-13(19)20-2/h6-7,9H,3-5,8H2,1-2H3. The van der Waals surface area contributed by atoms with E-state index < -0.39 is 0 Å². The van der Waals surface area contributed by atoms with Crippen molar-refractivity contribution in [1.29, 1.82) is 0 Å². The summed E-state index contributed by atoms with van der Waals surface area (Å²) in [5, 5.41) is 8.90. The van der Waals surface area contributed by atoms with Gasteiger partial charge in [-0.05, 0) is 31.5 Å². The summed E-state index contributed by atoms with van der Waals surface area (Å²) in [5.41, 5.74) is 0.657. The maximum Gasteiger partial charge on any atom is 0.305 e. The third kappa shape index (κ3) is 5.14. The first-order valence-corrected chi connectivity index (χ1v) is 8.46. The molecule has 0 amide bonds. The van der Waals surface area contributed by atoms with E-state index in [-0.39, 0.29) is 5.97 Å². The number of halogens is 1. The van der Waals surface area contributed by atoms with Crippen LogP contribution in [0.15, 0.2) is 27.8 Å². The normalized spacial score (nSPS) is 10.6. The Bertz CT molecular complexity index is 663. The summed E-state index contributed by atoms with van der Waals surface area (Å²) in [4.78, 5) is 11.0. The van der Waals surface area contributed by atoms with Crippen molar-refractivity contribution in [3.63, 3.8) is 0 Å². The smallest absolute Gasteiger partial charge is 0.305 e. The van der Waals surface area contributed by atoms with E-state index in [1.807, 2.05) is 6.92 Å². The molecule has 124 valence electrons. The van der Waals surface area contributed by atoms with Crippen molar-refractivity contribution >= 4 is 29.3 Å². The van der Waals surface area contributed by atoms with Crippen LogP contribution in [-0.2, 0) is 9.53 Å². The minimum atomic E-state index is -0.224. The number of aromatic nitrogens is 2. The zero-order chi connectivity index (χ0) is 16.7. The van der Waals surface area contributed by atoms with Crippen LogP contribution < -0.4 is 4.74 Å². The lowest BCUT2D eigenvalue weighted by Gasteiger charge is -2.04. The molecule has 0 aliphatic heterocycles. The third-order valence-electron chi connectivity index (χ3n) is 2.87. The van der Waals surface area contributed by atoms with Crippen LogP contribution in [0.2, 0.25) is 5.02 Å². The largest absolute Gasteiger partial charge is 0.494 e. The van der Waals surface area contributed by atoms with Gasteiger partial charge in [-0.1, -0.05) is 23.4 Å². The van der Waals surface area contributed by atoms with Crippen molar-refractivity contribution in [3.05, 3.63) is 23.2 Å². The molecule has 0 fully saturated rings. The van der Waals surface area contributed by atoms with Gasteiger partial charge in [0.25, 0.3) is 5.22 Å². The quantitative estimate of drug-likeness (QED) is 0.404. The number of thioether (sulfide) groups is 1. The summed E-state index contributed by atoms with van der Waals surface area (Å²) in [6.07, 6.45) is 1.05. The molecule has 0 aliphatic carbocycles. The van der Waals surface area contributed by atoms with E-state index in [2.05, 4.69) is 14.9 Å². The second-order valence-corrected chi connectivity index (χ2v) is 5.93. The van der Waals surface area contributed by atoms with Gasteiger partial charge in [0.1, 0.15) is 5.75 Å². The highest BCUT2D eigenvalue weighted by atomic mass is 35.5. The number of esters is 1. The third-order valence-corrected chi connectivity index (χ3v) is 4.08. The molecule has 0 saturated heterocycles. The van der Waals surface area contributed by atoms with Gasteiger partial charge < -0.3 is 13.9 Å². The SMILES string of the molecule is CCOc1ccc(-c2nnc(SCCCC(=O)OC)o2)c(Cl)c1. The molecule has 0 saturated carbocycles. The van der Waals surface area contributed by atoms with E-state index in [0.29, 0.717) is 52.7 Å². The van der Waals surface area contributed by atoms with E-state index in [1.165, 1.54) is 18.9 Å². The highest BCUT2D eigenvalue weighted by Crippen LogP contribution is 2.32. The van der Waals surface area contributed by atoms with Gasteiger partial charge >= 0.3 is 5.97 Å². The Kier molecular flexibility index (Phi) is 6.73. The Morgan fingerprint density at radius 3 is 2.91 bits per heavy atom. The van der Waals surface area contributed by atoms with Gasteiger partial charge in [-0.15, -0.1) is 10.2 Å². The number of carbonyl (C=O) groups excluding carboxylic acids is 1. The van der Waals surface area contributed by atoms with E-state index in [4.69, 9.17) is 20.8 Å². The molecular formula is C15H17ClN2O4S. The summed E-state index contributed by atoms with van der Waals surface area (Å²) in [7, 11) is 1.38. The van der Waals surface area contributed by atoms with Crippen LogP contribution in [0.1, 0.15) is 19.8 Å². The van der Waals surface area contributed by atoms with Crippen LogP contribution in [0.3, 0.4) is 0 Å². The molecule has 8 heteroatoms. The average Bonchev–Trinajstić information content (AvgIpc) is 3.00. The number of ether oxygens (including phenoxy) is 2. The highest BCUT2D eigenvalue weighted by Gasteiger charge is 2.13. The van der Waals surface area contributed by atoms with Gasteiger partial charge in [-0.25, -0.2) is 0 Å². The zero-order valence-electron chi connectivity index (χ0n) is 12.9. The molecular weight excluding hydrogens is 340 g/mol. The number of benzene rings is 1. The van der Waals surface area contributed by atoms with Crippen molar-refractivity contribution in [2.24, 2.45) is 0 Å². The van der Waals surface area contributed by atoms with E-state index in [0.717, 1.165) is 0 Å². The number of carbonyl (C=O) groups is 1. The summed E-state index contributed by atoms with van der Waals surface area (Å²) >= 11 is 7.61. The topological polar surface area (TPSA) is 74.5 Å². The van der Waals surface area contributed by atoms with Crippen LogP contribution in [0.25, 0.3) is 11.5 Å². The Morgan fingerprint density at radius 2 is 2.22 bits per heavy atom. The number of rotatable bonds is 8. The first kappa shape index (κ1) is 17.6. The maximum atomic E-state index is 11.0. The van der Waals surface area contributed by atoms with Crippen molar-refractivity contribution in [3.8, 4) is 17.2 Å². The monoisotopic (exact) mass is 356 g/mol. The first-order valence-electron chi connectivity index (χ1n) is 7.10. The summed E-state index contributed by atoms with van der Waals surface area (Å²) < 4.78 is 15.5. The van der Waals surface area contributed by atoms with Crippen LogP contribution in [-0.4, -0.2) is 35.6 Å². The average molecular weight is 357 g/mol. The number of hydrogen-bond acceptors (Lipinski definition) is 7. The molecule has 0 bridgehead atoms. The number of methoxy groups -OCH3 is 1. The molecule has 0 spiro atoms. The highest BCUT2D eigenvalue weighted by molar-refractivity contribution is 7.99. The predicted octanol–water partition coefficient (Wildman–Crippen LogP) is 3.83. The minimum absolute atomic E-state index is 0.224. The predicted molar refractivity (Wildman–Crippen MR) is 87.9 cm³/mol. The fourth-order valence-corrected chi connectivity index (χ4v) is 2.73. The molecule has 1 heterocycles. The first-order chi connectivity index (χ1) is 11.1. The lowest BCUT2D eigenvalue weighted by Crippen LogP contribution is -1.99. The molecule has 6 nitrogen and oxygen atoms in total. The summed E-state index contributed by atoms with van der Waals surface area (Å²) in [6, 6.07) is 5.30. The van der Waals surface area contributed by atoms with Crippen LogP contribution in [0, 0.1) is 0 Å². The van der Waals surface area contributed by atoms with E-state index >= 15 is 0 Å². The second-order valence-electron chi connectivity index (χ2n) is 4.48. The van der Waals surface area contributed by atoms with Crippen molar-refractivity contribution in [2.75, 3.05) is 19.5 Å². The fourth-order valence-electron chi connectivity index (χ4n) is 1.78. The van der Waals surface area contributed by atoms with Gasteiger partial charge in [0.15, 0.2) is 0 Å². The maximum absolute atomic E-state index is 11.0. The number of nitrogens with zero attached hydrogens (tertiary/aromatic N) is 2. The molecule has 1 aromatic carbocycles. The van der Waals surface area contributed by atoms with Crippen LogP contribution >= 0.6 is 23.4 Å². The Morgan fingerprint density at radius 1 is 1.39 bits per heavy atom. The number of hydrogen-bond donors (Lipinski definition) is 0. The summed E-state index contributed by atoms with van der Waals surface area (Å²) in [6.45, 7) is 2.48. The molecule has 0 N–H and O–H groups in total. The molecule has 0 radical (unpaired) electrons. The fraction of sp³-hybridized carbons (Fsp3) is 0.400. The van der Waals surface area contributed by atoms with Crippen molar-refractivity contribution in [1.82, 2.24) is 10.2 Å². The van der Waals surface area contributed by atoms with Gasteiger partial charge in [-0.3, -0.25) is 4.79 Å². The van der Waals surface area contributed by atoms with Gasteiger partial charge in [0, 0.05) is 12.2 Å². The lowest BCUT2D eigenvalue weighted by molar-refractivity contribution is -0.140. The van der Waals surface area contributed by atoms with Crippen molar-refractivity contribution in [2.45, 2.75) is 25.0 Å². The molecule has 2 aromatic rings. The minimum Gasteiger partial charge on any atom is -0.494 e. The Hall–Kier alpha value is -1.73. The van der Waals surface area contributed by atoms with Gasteiger partial charge in [0.2, 0.25) is 5.89 Å². The molecule has 23 heavy (non-hydrogen) atoms. The van der Waals surface area contributed by atoms with Gasteiger partial charge in [-0.2, -0.15) is 0 Å². The van der Waals surface area contributed by atoms with Crippen molar-refractivity contribution < 1.29 is 18.7 Å². The van der Waals surface area contributed by atoms with E-state index in [1.54, 1.807) is 18.2 Å². The van der Waals surface area contributed by atoms with Gasteiger partial charge in [0.05, 0.1) is 24.3 Å². The molecule has 0 aliphatic rings. The Labute approximate surface area is 143 Å². The lowest BCUT2D eigenvalue weighted by atomic mass is 10.2. The van der Waals surface area contributed by atoms with Crippen LogP contribution in [0.4, 0.5) is 0 Å².